The zero-order valence-electron chi connectivity index (χ0n) is 8.14. The van der Waals surface area contributed by atoms with Crippen molar-refractivity contribution in [3.05, 3.63) is 0 Å². The molecule has 0 unspecified atom stereocenters. The van der Waals surface area contributed by atoms with E-state index >= 15 is 0 Å². The monoisotopic (exact) mass is 196 g/mol. The molecule has 0 aromatic carbocycles. The van der Waals surface area contributed by atoms with E-state index in [9.17, 15) is 0 Å². The molecule has 0 radical (unpaired) electrons. The van der Waals surface area contributed by atoms with Crippen molar-refractivity contribution in [3.63, 3.8) is 0 Å². The molecule has 11 heavy (non-hydrogen) atoms. The van der Waals surface area contributed by atoms with Crippen molar-refractivity contribution in [3.8, 4) is 0 Å². The first-order chi connectivity index (χ1) is 5.24. The first-order valence-corrected chi connectivity index (χ1v) is 7.83. The van der Waals surface area contributed by atoms with Crippen LogP contribution in [0.5, 0.6) is 0 Å². The van der Waals surface area contributed by atoms with Crippen molar-refractivity contribution in [1.82, 2.24) is 0 Å². The molecule has 0 heterocycles. The Kier molecular flexibility index (Phi) is 6.54. The van der Waals surface area contributed by atoms with Gasteiger partial charge >= 0.3 is 74.4 Å². The normalized spacial score (nSPS) is 12.0. The topological polar surface area (TPSA) is 18.5 Å². The van der Waals surface area contributed by atoms with Crippen LogP contribution < -0.4 is 0 Å². The van der Waals surface area contributed by atoms with Crippen molar-refractivity contribution in [2.75, 3.05) is 14.2 Å². The molecule has 0 fully saturated rings. The first kappa shape index (κ1) is 11.6. The molecule has 0 amide bonds. The van der Waals surface area contributed by atoms with Gasteiger partial charge in [-0.3, -0.25) is 0 Å². The van der Waals surface area contributed by atoms with Crippen LogP contribution in [-0.2, 0) is 24.0 Å². The Balaban J connectivity index is 3.96. The van der Waals surface area contributed by atoms with E-state index in [0.29, 0.717) is 0 Å². The van der Waals surface area contributed by atoms with Crippen LogP contribution in [0.25, 0.3) is 0 Å². The van der Waals surface area contributed by atoms with Gasteiger partial charge in [-0.15, -0.1) is 0 Å². The SMILES string of the molecule is CC[CH2][Ti]([CH2]CC)([O]C)[O]C. The maximum atomic E-state index is 5.53. The van der Waals surface area contributed by atoms with Gasteiger partial charge in [0, 0.05) is 0 Å². The van der Waals surface area contributed by atoms with E-state index in [0.717, 1.165) is 0 Å². The van der Waals surface area contributed by atoms with Crippen LogP contribution in [0.4, 0.5) is 0 Å². The molecule has 3 heteroatoms. The van der Waals surface area contributed by atoms with Crippen molar-refractivity contribution in [2.24, 2.45) is 0 Å². The van der Waals surface area contributed by atoms with Crippen LogP contribution in [0.2, 0.25) is 9.45 Å². The fourth-order valence-electron chi connectivity index (χ4n) is 1.38. The van der Waals surface area contributed by atoms with Crippen LogP contribution in [0.1, 0.15) is 26.7 Å². The fourth-order valence-corrected chi connectivity index (χ4v) is 5.68. The van der Waals surface area contributed by atoms with Gasteiger partial charge in [-0.1, -0.05) is 0 Å². The maximum absolute atomic E-state index is 5.53. The fraction of sp³-hybridized carbons (Fsp3) is 1.00. The van der Waals surface area contributed by atoms with Gasteiger partial charge < -0.3 is 0 Å². The summed E-state index contributed by atoms with van der Waals surface area (Å²) >= 11 is -2.24. The van der Waals surface area contributed by atoms with Gasteiger partial charge in [0.25, 0.3) is 0 Å². The second-order valence-electron chi connectivity index (χ2n) is 2.82. The molecule has 68 valence electrons. The van der Waals surface area contributed by atoms with Crippen LogP contribution in [0, 0.1) is 0 Å². The summed E-state index contributed by atoms with van der Waals surface area (Å²) in [6.45, 7) is 4.38. The zero-order chi connectivity index (χ0) is 8.74. The molecular weight excluding hydrogens is 176 g/mol. The summed E-state index contributed by atoms with van der Waals surface area (Å²) in [5.41, 5.74) is 0. The number of rotatable bonds is 6. The van der Waals surface area contributed by atoms with Crippen LogP contribution in [-0.4, -0.2) is 14.2 Å². The number of hydrogen-bond donors (Lipinski definition) is 0. The standard InChI is InChI=1S/2C3H7.2CH3O.Ti/c2*1-3-2;2*1-2;/h2*1,3H2,2H3;2*1H3;/q;;2*-1;+2. The molecule has 0 aliphatic rings. The molecule has 2 nitrogen and oxygen atoms in total. The summed E-state index contributed by atoms with van der Waals surface area (Å²) in [4.78, 5) is 0. The van der Waals surface area contributed by atoms with Gasteiger partial charge in [-0.2, -0.15) is 0 Å². The van der Waals surface area contributed by atoms with Crippen molar-refractivity contribution < 1.29 is 24.0 Å². The van der Waals surface area contributed by atoms with Gasteiger partial charge in [0.1, 0.15) is 0 Å². The summed E-state index contributed by atoms with van der Waals surface area (Å²) in [5.74, 6) is 0. The average molecular weight is 196 g/mol. The summed E-state index contributed by atoms with van der Waals surface area (Å²) in [6, 6.07) is 0. The molecule has 0 spiro atoms. The summed E-state index contributed by atoms with van der Waals surface area (Å²) < 4.78 is 13.4. The molecular formula is C8H20O2Ti. The van der Waals surface area contributed by atoms with Crippen LogP contribution in [0.15, 0.2) is 0 Å². The van der Waals surface area contributed by atoms with Gasteiger partial charge in [0.2, 0.25) is 0 Å². The average Bonchev–Trinajstić information content (AvgIpc) is 2.04. The minimum atomic E-state index is -2.24. The Bertz CT molecular complexity index is 84.1. The van der Waals surface area contributed by atoms with Crippen LogP contribution >= 0.6 is 0 Å². The zero-order valence-corrected chi connectivity index (χ0v) is 9.71. The second-order valence-corrected chi connectivity index (χ2v) is 8.50. The van der Waals surface area contributed by atoms with E-state index < -0.39 is 17.4 Å². The predicted molar refractivity (Wildman–Crippen MR) is 44.2 cm³/mol. The summed E-state index contributed by atoms with van der Waals surface area (Å²) in [7, 11) is 3.60. The summed E-state index contributed by atoms with van der Waals surface area (Å²) in [6.07, 6.45) is 2.36. The Labute approximate surface area is 74.6 Å². The quantitative estimate of drug-likeness (QED) is 0.608. The molecule has 0 aliphatic heterocycles. The Morgan fingerprint density at radius 1 is 0.909 bits per heavy atom. The molecule has 0 N–H and O–H groups in total. The van der Waals surface area contributed by atoms with E-state index in [1.807, 2.05) is 0 Å². The Hall–Kier alpha value is 0.634. The molecule has 0 saturated carbocycles. The van der Waals surface area contributed by atoms with E-state index in [1.54, 1.807) is 14.2 Å². The molecule has 0 saturated heterocycles. The molecule has 0 atom stereocenters. The Morgan fingerprint density at radius 3 is 1.45 bits per heavy atom. The minimum absolute atomic E-state index is 1.17. The van der Waals surface area contributed by atoms with E-state index in [-0.39, 0.29) is 0 Å². The third kappa shape index (κ3) is 3.70. The van der Waals surface area contributed by atoms with Crippen molar-refractivity contribution in [2.45, 2.75) is 36.1 Å². The van der Waals surface area contributed by atoms with Gasteiger partial charge in [-0.25, -0.2) is 0 Å². The van der Waals surface area contributed by atoms with E-state index in [1.165, 1.54) is 22.3 Å². The van der Waals surface area contributed by atoms with Crippen molar-refractivity contribution in [1.29, 1.82) is 0 Å². The van der Waals surface area contributed by atoms with E-state index in [2.05, 4.69) is 13.8 Å². The molecule has 0 aliphatic carbocycles. The van der Waals surface area contributed by atoms with Gasteiger partial charge in [-0.05, 0) is 0 Å². The third-order valence-electron chi connectivity index (χ3n) is 2.01. The number of hydrogen-bond acceptors (Lipinski definition) is 2. The van der Waals surface area contributed by atoms with Gasteiger partial charge in [0.15, 0.2) is 0 Å². The third-order valence-corrected chi connectivity index (χ3v) is 8.27. The molecule has 0 bridgehead atoms. The molecule has 0 rings (SSSR count). The molecule has 0 aromatic rings. The second kappa shape index (κ2) is 6.18. The Morgan fingerprint density at radius 2 is 1.27 bits per heavy atom. The van der Waals surface area contributed by atoms with Crippen molar-refractivity contribution >= 4 is 0 Å². The van der Waals surface area contributed by atoms with Crippen LogP contribution in [0.3, 0.4) is 0 Å². The summed E-state index contributed by atoms with van der Waals surface area (Å²) in [5, 5.41) is 0. The predicted octanol–water partition coefficient (Wildman–Crippen LogP) is 2.92. The first-order valence-electron chi connectivity index (χ1n) is 4.35. The molecule has 0 aromatic heterocycles. The van der Waals surface area contributed by atoms with E-state index in [4.69, 9.17) is 6.64 Å². The van der Waals surface area contributed by atoms with Gasteiger partial charge in [0.05, 0.1) is 0 Å².